The third kappa shape index (κ3) is 3.03. The molecule has 2 aromatic rings. The van der Waals surface area contributed by atoms with Crippen molar-refractivity contribution in [1.29, 1.82) is 0 Å². The molecule has 1 N–H and O–H groups in total. The summed E-state index contributed by atoms with van der Waals surface area (Å²) in [5, 5.41) is 9.19. The van der Waals surface area contributed by atoms with E-state index in [9.17, 15) is 9.50 Å². The molecule has 2 heterocycles. The number of benzene rings is 1. The van der Waals surface area contributed by atoms with Crippen LogP contribution < -0.4 is 0 Å². The summed E-state index contributed by atoms with van der Waals surface area (Å²) in [5.41, 5.74) is 3.00. The second-order valence-corrected chi connectivity index (χ2v) is 5.86. The zero-order valence-corrected chi connectivity index (χ0v) is 12.8. The van der Waals surface area contributed by atoms with Gasteiger partial charge < -0.3 is 5.11 Å². The van der Waals surface area contributed by atoms with E-state index in [4.69, 9.17) is 0 Å². The lowest BCUT2D eigenvalue weighted by Gasteiger charge is -2.24. The molecular weight excluding hydrogens is 279 g/mol. The van der Waals surface area contributed by atoms with E-state index in [0.717, 1.165) is 18.7 Å². The van der Waals surface area contributed by atoms with Gasteiger partial charge in [0.15, 0.2) is 0 Å². The molecule has 0 spiro atoms. The Morgan fingerprint density at radius 3 is 2.77 bits per heavy atom. The summed E-state index contributed by atoms with van der Waals surface area (Å²) in [5.74, 6) is -0.358. The summed E-state index contributed by atoms with van der Waals surface area (Å²) in [4.78, 5) is 6.33. The minimum atomic E-state index is -0.358. The number of aliphatic hydroxyl groups is 1. The van der Waals surface area contributed by atoms with Crippen molar-refractivity contribution in [3.05, 3.63) is 53.6 Å². The molecule has 0 saturated carbocycles. The van der Waals surface area contributed by atoms with Gasteiger partial charge in [-0.05, 0) is 56.1 Å². The van der Waals surface area contributed by atoms with Crippen molar-refractivity contribution in [2.75, 3.05) is 13.1 Å². The lowest BCUT2D eigenvalue weighted by molar-refractivity contribution is 0.263. The lowest BCUT2D eigenvalue weighted by Crippen LogP contribution is -2.23. The van der Waals surface area contributed by atoms with Crippen molar-refractivity contribution in [2.45, 2.75) is 32.4 Å². The highest BCUT2D eigenvalue weighted by molar-refractivity contribution is 5.65. The molecule has 3 rings (SSSR count). The summed E-state index contributed by atoms with van der Waals surface area (Å²) in [6.07, 6.45) is 3.68. The van der Waals surface area contributed by atoms with E-state index < -0.39 is 0 Å². The molecule has 0 unspecified atom stereocenters. The van der Waals surface area contributed by atoms with Gasteiger partial charge in [0.05, 0.1) is 18.5 Å². The molecule has 22 heavy (non-hydrogen) atoms. The third-order valence-electron chi connectivity index (χ3n) is 4.44. The molecule has 0 radical (unpaired) electrons. The summed E-state index contributed by atoms with van der Waals surface area (Å²) in [7, 11) is 0. The number of aliphatic hydroxyl groups excluding tert-OH is 1. The molecule has 0 bridgehead atoms. The second-order valence-electron chi connectivity index (χ2n) is 5.86. The molecule has 0 amide bonds. The highest BCUT2D eigenvalue weighted by Crippen LogP contribution is 2.29. The van der Waals surface area contributed by atoms with E-state index in [1.165, 1.54) is 24.6 Å². The van der Waals surface area contributed by atoms with Gasteiger partial charge in [-0.3, -0.25) is 9.88 Å². The Balaban J connectivity index is 1.93. The second kappa shape index (κ2) is 6.55. The minimum Gasteiger partial charge on any atom is -0.390 e. The number of nitrogens with zero attached hydrogens (tertiary/aromatic N) is 2. The maximum absolute atomic E-state index is 14.1. The standard InChI is InChI=1S/C18H21FN2O/c1-13(21-7-2-3-8-21)14-5-4-6-15(9-14)17-10-16(12-22)20-11-18(17)19/h4-6,9-11,13,22H,2-3,7-8,12H2,1H3/t13-/m1/s1. The number of hydrogen-bond acceptors (Lipinski definition) is 3. The molecule has 0 aliphatic carbocycles. The van der Waals surface area contributed by atoms with Gasteiger partial charge in [-0.2, -0.15) is 0 Å². The van der Waals surface area contributed by atoms with Gasteiger partial charge in [-0.15, -0.1) is 0 Å². The Bertz CT molecular complexity index is 653. The van der Waals surface area contributed by atoms with Crippen molar-refractivity contribution in [3.63, 3.8) is 0 Å². The molecule has 4 heteroatoms. The van der Waals surface area contributed by atoms with Crippen LogP contribution in [0.1, 0.15) is 37.1 Å². The molecule has 3 nitrogen and oxygen atoms in total. The van der Waals surface area contributed by atoms with Crippen LogP contribution in [0.15, 0.2) is 36.5 Å². The molecule has 1 fully saturated rings. The summed E-state index contributed by atoms with van der Waals surface area (Å²) >= 11 is 0. The van der Waals surface area contributed by atoms with E-state index in [1.54, 1.807) is 6.07 Å². The zero-order valence-electron chi connectivity index (χ0n) is 12.8. The first-order valence-corrected chi connectivity index (χ1v) is 7.78. The highest BCUT2D eigenvalue weighted by atomic mass is 19.1. The predicted octanol–water partition coefficient (Wildman–Crippen LogP) is 3.54. The van der Waals surface area contributed by atoms with Gasteiger partial charge in [0.1, 0.15) is 5.82 Å². The van der Waals surface area contributed by atoms with Crippen molar-refractivity contribution in [2.24, 2.45) is 0 Å². The number of aromatic nitrogens is 1. The molecule has 1 aromatic heterocycles. The average molecular weight is 300 g/mol. The fourth-order valence-electron chi connectivity index (χ4n) is 3.10. The Hall–Kier alpha value is -1.78. The van der Waals surface area contributed by atoms with Crippen LogP contribution in [-0.2, 0) is 6.61 Å². The summed E-state index contributed by atoms with van der Waals surface area (Å²) in [6, 6.07) is 9.97. The Kier molecular flexibility index (Phi) is 4.50. The zero-order chi connectivity index (χ0) is 15.5. The van der Waals surface area contributed by atoms with Crippen LogP contribution in [-0.4, -0.2) is 28.1 Å². The quantitative estimate of drug-likeness (QED) is 0.938. The van der Waals surface area contributed by atoms with E-state index in [0.29, 0.717) is 17.3 Å². The monoisotopic (exact) mass is 300 g/mol. The van der Waals surface area contributed by atoms with Crippen LogP contribution in [0.25, 0.3) is 11.1 Å². The maximum Gasteiger partial charge on any atom is 0.149 e. The van der Waals surface area contributed by atoms with Crippen LogP contribution in [0.2, 0.25) is 0 Å². The molecule has 1 aromatic carbocycles. The van der Waals surface area contributed by atoms with Crippen LogP contribution in [0.5, 0.6) is 0 Å². The number of halogens is 1. The highest BCUT2D eigenvalue weighted by Gasteiger charge is 2.20. The molecule has 1 saturated heterocycles. The summed E-state index contributed by atoms with van der Waals surface area (Å²) in [6.45, 7) is 4.27. The molecule has 116 valence electrons. The van der Waals surface area contributed by atoms with Crippen molar-refractivity contribution in [3.8, 4) is 11.1 Å². The molecular formula is C18H21FN2O. The first-order valence-electron chi connectivity index (χ1n) is 7.78. The minimum absolute atomic E-state index is 0.183. The third-order valence-corrected chi connectivity index (χ3v) is 4.44. The average Bonchev–Trinajstić information content (AvgIpc) is 3.09. The van der Waals surface area contributed by atoms with Crippen molar-refractivity contribution in [1.82, 2.24) is 9.88 Å². The van der Waals surface area contributed by atoms with Gasteiger partial charge in [-0.1, -0.05) is 18.2 Å². The van der Waals surface area contributed by atoms with E-state index in [1.807, 2.05) is 18.2 Å². The van der Waals surface area contributed by atoms with E-state index in [-0.39, 0.29) is 12.4 Å². The van der Waals surface area contributed by atoms with Crippen LogP contribution in [0.3, 0.4) is 0 Å². The number of likely N-dealkylation sites (tertiary alicyclic amines) is 1. The molecule has 1 atom stereocenters. The predicted molar refractivity (Wildman–Crippen MR) is 84.8 cm³/mol. The first-order chi connectivity index (χ1) is 10.7. The van der Waals surface area contributed by atoms with Gasteiger partial charge >= 0.3 is 0 Å². The SMILES string of the molecule is C[C@H](c1cccc(-c2cc(CO)ncc2F)c1)N1CCCC1. The summed E-state index contributed by atoms with van der Waals surface area (Å²) < 4.78 is 14.1. The topological polar surface area (TPSA) is 36.4 Å². The van der Waals surface area contributed by atoms with Gasteiger partial charge in [0, 0.05) is 11.6 Å². The Labute approximate surface area is 130 Å². The normalized spacial score (nSPS) is 16.9. The van der Waals surface area contributed by atoms with Gasteiger partial charge in [0.25, 0.3) is 0 Å². The molecule has 1 aliphatic heterocycles. The van der Waals surface area contributed by atoms with Gasteiger partial charge in [-0.25, -0.2) is 4.39 Å². The maximum atomic E-state index is 14.1. The van der Waals surface area contributed by atoms with Crippen molar-refractivity contribution >= 4 is 0 Å². The molecule has 1 aliphatic rings. The van der Waals surface area contributed by atoms with Crippen LogP contribution in [0, 0.1) is 5.82 Å². The van der Waals surface area contributed by atoms with Gasteiger partial charge in [0.2, 0.25) is 0 Å². The van der Waals surface area contributed by atoms with E-state index >= 15 is 0 Å². The van der Waals surface area contributed by atoms with E-state index in [2.05, 4.69) is 22.9 Å². The fraction of sp³-hybridized carbons (Fsp3) is 0.389. The van der Waals surface area contributed by atoms with Crippen LogP contribution in [0.4, 0.5) is 4.39 Å². The smallest absolute Gasteiger partial charge is 0.149 e. The first kappa shape index (κ1) is 15.1. The fourth-order valence-corrected chi connectivity index (χ4v) is 3.10. The Morgan fingerprint density at radius 1 is 1.27 bits per heavy atom. The lowest BCUT2D eigenvalue weighted by atomic mass is 9.99. The number of hydrogen-bond donors (Lipinski definition) is 1. The number of rotatable bonds is 4. The van der Waals surface area contributed by atoms with Crippen LogP contribution >= 0.6 is 0 Å². The Morgan fingerprint density at radius 2 is 2.05 bits per heavy atom. The largest absolute Gasteiger partial charge is 0.390 e. The van der Waals surface area contributed by atoms with Crippen molar-refractivity contribution < 1.29 is 9.50 Å². The number of pyridine rings is 1.